The molecule has 126 valence electrons. The first-order chi connectivity index (χ1) is 11.5. The minimum atomic E-state index is -0.901. The lowest BCUT2D eigenvalue weighted by molar-refractivity contribution is -0.142. The Labute approximate surface area is 146 Å². The number of aliphatic carboxylic acids is 1. The van der Waals surface area contributed by atoms with Crippen molar-refractivity contribution in [2.75, 3.05) is 13.6 Å². The normalized spacial score (nSPS) is 13.1. The van der Waals surface area contributed by atoms with Crippen molar-refractivity contribution >= 4 is 23.6 Å². The highest BCUT2D eigenvalue weighted by atomic mass is 32.2. The number of thioether (sulfide) groups is 1. The second kappa shape index (κ2) is 8.55. The molecule has 0 radical (unpaired) electrons. The molecule has 0 saturated heterocycles. The minimum Gasteiger partial charge on any atom is -0.481 e. The van der Waals surface area contributed by atoms with Crippen LogP contribution in [0, 0.1) is 5.92 Å². The van der Waals surface area contributed by atoms with Crippen molar-refractivity contribution in [2.24, 2.45) is 5.92 Å². The van der Waals surface area contributed by atoms with Crippen LogP contribution in [0.15, 0.2) is 65.6 Å². The predicted molar refractivity (Wildman–Crippen MR) is 95.9 cm³/mol. The molecule has 2 rings (SSSR count). The third-order valence-corrected chi connectivity index (χ3v) is 4.92. The highest BCUT2D eigenvalue weighted by Gasteiger charge is 2.27. The summed E-state index contributed by atoms with van der Waals surface area (Å²) >= 11 is 1.48. The van der Waals surface area contributed by atoms with E-state index in [4.69, 9.17) is 5.11 Å². The molecule has 0 saturated carbocycles. The lowest BCUT2D eigenvalue weighted by Crippen LogP contribution is -2.36. The summed E-state index contributed by atoms with van der Waals surface area (Å²) in [5.41, 5.74) is 0.909. The Balaban J connectivity index is 2.22. The summed E-state index contributed by atoms with van der Waals surface area (Å²) in [6, 6.07) is 19.3. The number of carbonyl (C=O) groups excluding carboxylic acids is 1. The molecule has 2 aromatic rings. The van der Waals surface area contributed by atoms with E-state index in [0.29, 0.717) is 0 Å². The average molecular weight is 343 g/mol. The molecule has 2 atom stereocenters. The van der Waals surface area contributed by atoms with Crippen LogP contribution < -0.4 is 0 Å². The Kier molecular flexibility index (Phi) is 6.44. The Morgan fingerprint density at radius 1 is 1.04 bits per heavy atom. The first kappa shape index (κ1) is 18.1. The van der Waals surface area contributed by atoms with Crippen LogP contribution in [0.5, 0.6) is 0 Å². The number of amides is 1. The molecule has 0 aliphatic heterocycles. The zero-order valence-electron chi connectivity index (χ0n) is 13.8. The fourth-order valence-corrected chi connectivity index (χ4v) is 3.46. The first-order valence-electron chi connectivity index (χ1n) is 7.73. The summed E-state index contributed by atoms with van der Waals surface area (Å²) in [5.74, 6) is -1.60. The summed E-state index contributed by atoms with van der Waals surface area (Å²) in [7, 11) is 1.66. The largest absolute Gasteiger partial charge is 0.481 e. The van der Waals surface area contributed by atoms with Crippen molar-refractivity contribution < 1.29 is 14.7 Å². The number of rotatable bonds is 7. The highest BCUT2D eigenvalue weighted by molar-refractivity contribution is 8.00. The van der Waals surface area contributed by atoms with Crippen LogP contribution in [-0.2, 0) is 9.59 Å². The third kappa shape index (κ3) is 4.86. The van der Waals surface area contributed by atoms with E-state index in [1.54, 1.807) is 14.0 Å². The number of carboxylic acid groups (broad SMARTS) is 1. The van der Waals surface area contributed by atoms with E-state index < -0.39 is 17.1 Å². The topological polar surface area (TPSA) is 57.6 Å². The summed E-state index contributed by atoms with van der Waals surface area (Å²) in [5, 5.41) is 8.66. The molecule has 1 amide bonds. The molecule has 24 heavy (non-hydrogen) atoms. The van der Waals surface area contributed by atoms with Crippen LogP contribution in [-0.4, -0.2) is 35.5 Å². The van der Waals surface area contributed by atoms with Crippen molar-refractivity contribution in [3.63, 3.8) is 0 Å². The molecule has 4 nitrogen and oxygen atoms in total. The minimum absolute atomic E-state index is 0.0943. The molecule has 2 unspecified atom stereocenters. The average Bonchev–Trinajstić information content (AvgIpc) is 2.60. The molecule has 0 aliphatic carbocycles. The molecular weight excluding hydrogens is 322 g/mol. The van der Waals surface area contributed by atoms with E-state index in [0.717, 1.165) is 10.5 Å². The monoisotopic (exact) mass is 343 g/mol. The third-order valence-electron chi connectivity index (χ3n) is 3.67. The van der Waals surface area contributed by atoms with Gasteiger partial charge in [-0.2, -0.15) is 0 Å². The zero-order valence-corrected chi connectivity index (χ0v) is 14.6. The Bertz CT molecular complexity index is 676. The van der Waals surface area contributed by atoms with Crippen LogP contribution >= 0.6 is 11.8 Å². The van der Waals surface area contributed by atoms with Crippen LogP contribution in [0.4, 0.5) is 0 Å². The van der Waals surface area contributed by atoms with Gasteiger partial charge in [-0.25, -0.2) is 0 Å². The van der Waals surface area contributed by atoms with Crippen molar-refractivity contribution in [3.05, 3.63) is 66.2 Å². The van der Waals surface area contributed by atoms with E-state index in [1.807, 2.05) is 60.7 Å². The maximum Gasteiger partial charge on any atom is 0.308 e. The molecule has 0 spiro atoms. The van der Waals surface area contributed by atoms with Crippen molar-refractivity contribution in [1.29, 1.82) is 0 Å². The van der Waals surface area contributed by atoms with Crippen LogP contribution in [0.2, 0.25) is 0 Å². The maximum atomic E-state index is 12.9. The summed E-state index contributed by atoms with van der Waals surface area (Å²) in [4.78, 5) is 26.5. The van der Waals surface area contributed by atoms with E-state index >= 15 is 0 Å². The van der Waals surface area contributed by atoms with Gasteiger partial charge in [0, 0.05) is 18.5 Å². The molecule has 0 heterocycles. The summed E-state index contributed by atoms with van der Waals surface area (Å²) in [6.45, 7) is 1.79. The van der Waals surface area contributed by atoms with E-state index in [2.05, 4.69) is 0 Å². The zero-order chi connectivity index (χ0) is 17.5. The molecular formula is C19H21NO3S. The van der Waals surface area contributed by atoms with Gasteiger partial charge in [-0.3, -0.25) is 9.59 Å². The van der Waals surface area contributed by atoms with Gasteiger partial charge in [0.15, 0.2) is 0 Å². The standard InChI is InChI=1S/C19H21NO3S/c1-14(19(22)23)13-20(2)18(21)17(15-9-5-3-6-10-15)24-16-11-7-4-8-12-16/h3-12,14,17H,13H2,1-2H3,(H,22,23). The van der Waals surface area contributed by atoms with Gasteiger partial charge in [0.2, 0.25) is 5.91 Å². The quantitative estimate of drug-likeness (QED) is 0.779. The van der Waals surface area contributed by atoms with Crippen molar-refractivity contribution in [3.8, 4) is 0 Å². The summed E-state index contributed by atoms with van der Waals surface area (Å²) < 4.78 is 0. The molecule has 0 aliphatic rings. The molecule has 0 bridgehead atoms. The number of hydrogen-bond acceptors (Lipinski definition) is 3. The van der Waals surface area contributed by atoms with Gasteiger partial charge >= 0.3 is 5.97 Å². The lowest BCUT2D eigenvalue weighted by atomic mass is 10.1. The SMILES string of the molecule is CC(CN(C)C(=O)C(Sc1ccccc1)c1ccccc1)C(=O)O. The van der Waals surface area contributed by atoms with Crippen molar-refractivity contribution in [2.45, 2.75) is 17.1 Å². The first-order valence-corrected chi connectivity index (χ1v) is 8.61. The Morgan fingerprint density at radius 2 is 1.58 bits per heavy atom. The van der Waals surface area contributed by atoms with E-state index in [-0.39, 0.29) is 12.5 Å². The van der Waals surface area contributed by atoms with Gasteiger partial charge in [-0.05, 0) is 17.7 Å². The van der Waals surface area contributed by atoms with E-state index in [1.165, 1.54) is 16.7 Å². The van der Waals surface area contributed by atoms with Crippen LogP contribution in [0.3, 0.4) is 0 Å². The maximum absolute atomic E-state index is 12.9. The van der Waals surface area contributed by atoms with Gasteiger partial charge in [-0.15, -0.1) is 11.8 Å². The molecule has 5 heteroatoms. The van der Waals surface area contributed by atoms with Gasteiger partial charge < -0.3 is 10.0 Å². The fraction of sp³-hybridized carbons (Fsp3) is 0.263. The lowest BCUT2D eigenvalue weighted by Gasteiger charge is -2.25. The van der Waals surface area contributed by atoms with Gasteiger partial charge in [-0.1, -0.05) is 55.5 Å². The smallest absolute Gasteiger partial charge is 0.308 e. The van der Waals surface area contributed by atoms with Crippen LogP contribution in [0.1, 0.15) is 17.7 Å². The Hall–Kier alpha value is -2.27. The second-order valence-corrected chi connectivity index (χ2v) is 6.86. The number of carbonyl (C=O) groups is 2. The number of carboxylic acids is 1. The van der Waals surface area contributed by atoms with Crippen molar-refractivity contribution in [1.82, 2.24) is 4.90 Å². The number of hydrogen-bond donors (Lipinski definition) is 1. The van der Waals surface area contributed by atoms with Gasteiger partial charge in [0.1, 0.15) is 5.25 Å². The number of benzene rings is 2. The summed E-state index contributed by atoms with van der Waals surface area (Å²) in [6.07, 6.45) is 0. The highest BCUT2D eigenvalue weighted by Crippen LogP contribution is 2.36. The molecule has 0 aromatic heterocycles. The van der Waals surface area contributed by atoms with Crippen LogP contribution in [0.25, 0.3) is 0 Å². The fourth-order valence-electron chi connectivity index (χ4n) is 2.30. The predicted octanol–water partition coefficient (Wildman–Crippen LogP) is 3.70. The van der Waals surface area contributed by atoms with Gasteiger partial charge in [0.25, 0.3) is 0 Å². The molecule has 2 aromatic carbocycles. The van der Waals surface area contributed by atoms with E-state index in [9.17, 15) is 9.59 Å². The molecule has 0 fully saturated rings. The van der Waals surface area contributed by atoms with Gasteiger partial charge in [0.05, 0.1) is 5.92 Å². The molecule has 1 N–H and O–H groups in total. The number of likely N-dealkylation sites (N-methyl/N-ethyl adjacent to an activating group) is 1. The number of nitrogens with zero attached hydrogens (tertiary/aromatic N) is 1. The Morgan fingerprint density at radius 3 is 2.12 bits per heavy atom. The second-order valence-electron chi connectivity index (χ2n) is 5.68.